The van der Waals surface area contributed by atoms with Crippen LogP contribution in [-0.2, 0) is 39.8 Å². The number of rotatable bonds is 12. The Labute approximate surface area is 276 Å². The minimum atomic E-state index is -1.85. The van der Waals surface area contributed by atoms with Crippen LogP contribution in [0.3, 0.4) is 0 Å². The molecule has 1 heterocycles. The molecule has 0 aliphatic carbocycles. The third kappa shape index (κ3) is 8.91. The van der Waals surface area contributed by atoms with Gasteiger partial charge in [-0.2, -0.15) is 0 Å². The predicted molar refractivity (Wildman–Crippen MR) is 169 cm³/mol. The maximum Gasteiger partial charge on any atom is 0.338 e. The van der Waals surface area contributed by atoms with E-state index in [0.717, 1.165) is 5.56 Å². The fourth-order valence-electron chi connectivity index (χ4n) is 4.94. The van der Waals surface area contributed by atoms with Crippen molar-refractivity contribution in [2.24, 2.45) is 0 Å². The molecule has 11 heteroatoms. The standard InChI is InChI=1S/C37H34O11/c1-24(33(38)43-22-25-14-6-2-7-15-25)45-31-30(47-35(40)27-18-10-4-11-19-27)29(23-44-34(39)26-16-8-3-9-17-26)46-37(42)32(31)48-36(41)28-20-12-5-13-21-28/h2-21,24,29-32,37,42H,22-23H2,1H3/t24-,29?,30?,31?,32?,37?/m0/s1. The summed E-state index contributed by atoms with van der Waals surface area (Å²) >= 11 is 0. The number of aliphatic hydroxyl groups is 1. The third-order valence-corrected chi connectivity index (χ3v) is 7.42. The lowest BCUT2D eigenvalue weighted by Gasteiger charge is -2.43. The third-order valence-electron chi connectivity index (χ3n) is 7.42. The van der Waals surface area contributed by atoms with Crippen molar-refractivity contribution in [3.05, 3.63) is 144 Å². The summed E-state index contributed by atoms with van der Waals surface area (Å²) in [6.07, 6.45) is -9.01. The van der Waals surface area contributed by atoms with Gasteiger partial charge in [-0.1, -0.05) is 84.9 Å². The molecule has 248 valence electrons. The van der Waals surface area contributed by atoms with Gasteiger partial charge in [-0.15, -0.1) is 0 Å². The molecule has 1 aliphatic rings. The van der Waals surface area contributed by atoms with Crippen LogP contribution in [0.4, 0.5) is 0 Å². The van der Waals surface area contributed by atoms with Crippen LogP contribution in [0.1, 0.15) is 43.6 Å². The largest absolute Gasteiger partial charge is 0.459 e. The first-order valence-corrected chi connectivity index (χ1v) is 15.2. The number of carbonyl (C=O) groups is 4. The Hall–Kier alpha value is -5.36. The van der Waals surface area contributed by atoms with Crippen molar-refractivity contribution in [2.45, 2.75) is 50.3 Å². The molecule has 0 bridgehead atoms. The van der Waals surface area contributed by atoms with Crippen molar-refractivity contribution in [3.8, 4) is 0 Å². The molecule has 48 heavy (non-hydrogen) atoms. The van der Waals surface area contributed by atoms with E-state index in [1.54, 1.807) is 91.0 Å². The van der Waals surface area contributed by atoms with Crippen LogP contribution in [-0.4, -0.2) is 72.4 Å². The number of benzene rings is 4. The highest BCUT2D eigenvalue weighted by molar-refractivity contribution is 5.90. The van der Waals surface area contributed by atoms with E-state index in [1.165, 1.54) is 31.2 Å². The minimum absolute atomic E-state index is 0.0410. The Balaban J connectivity index is 1.43. The van der Waals surface area contributed by atoms with Crippen LogP contribution < -0.4 is 0 Å². The van der Waals surface area contributed by atoms with Crippen LogP contribution in [0.2, 0.25) is 0 Å². The van der Waals surface area contributed by atoms with Crippen LogP contribution in [0.5, 0.6) is 0 Å². The quantitative estimate of drug-likeness (QED) is 0.170. The Morgan fingerprint density at radius 2 is 1.08 bits per heavy atom. The second-order valence-electron chi connectivity index (χ2n) is 10.8. The number of aliphatic hydroxyl groups excluding tert-OH is 1. The first kappa shape index (κ1) is 34.0. The molecule has 0 saturated carbocycles. The maximum absolute atomic E-state index is 13.4. The molecule has 0 aromatic heterocycles. The zero-order valence-corrected chi connectivity index (χ0v) is 26.0. The molecule has 1 aliphatic heterocycles. The fourth-order valence-corrected chi connectivity index (χ4v) is 4.94. The smallest absolute Gasteiger partial charge is 0.338 e. The lowest BCUT2D eigenvalue weighted by molar-refractivity contribution is -0.297. The van der Waals surface area contributed by atoms with E-state index in [-0.39, 0.29) is 23.3 Å². The van der Waals surface area contributed by atoms with E-state index in [2.05, 4.69) is 0 Å². The summed E-state index contributed by atoms with van der Waals surface area (Å²) in [5.74, 6) is -3.11. The van der Waals surface area contributed by atoms with E-state index >= 15 is 0 Å². The molecule has 5 unspecified atom stereocenters. The molecule has 5 rings (SSSR count). The lowest BCUT2D eigenvalue weighted by Crippen LogP contribution is -2.63. The molecule has 1 saturated heterocycles. The first-order chi connectivity index (χ1) is 23.3. The summed E-state index contributed by atoms with van der Waals surface area (Å²) in [5.41, 5.74) is 1.33. The van der Waals surface area contributed by atoms with Crippen LogP contribution in [0, 0.1) is 0 Å². The summed E-state index contributed by atoms with van der Waals surface area (Å²) in [6, 6.07) is 33.2. The molecule has 4 aromatic carbocycles. The molecule has 0 spiro atoms. The molecule has 0 radical (unpaired) electrons. The Bertz CT molecular complexity index is 1650. The maximum atomic E-state index is 13.4. The van der Waals surface area contributed by atoms with E-state index in [9.17, 15) is 24.3 Å². The van der Waals surface area contributed by atoms with Gasteiger partial charge in [0.05, 0.1) is 16.7 Å². The molecule has 0 amide bonds. The molecular weight excluding hydrogens is 620 g/mol. The summed E-state index contributed by atoms with van der Waals surface area (Å²) in [6.45, 7) is 0.871. The molecular formula is C37H34O11. The van der Waals surface area contributed by atoms with Gasteiger partial charge in [-0.05, 0) is 48.9 Å². The summed E-state index contributed by atoms with van der Waals surface area (Å²) in [4.78, 5) is 52.5. The van der Waals surface area contributed by atoms with Gasteiger partial charge in [-0.25, -0.2) is 19.2 Å². The predicted octanol–water partition coefficient (Wildman–Crippen LogP) is 4.53. The summed E-state index contributed by atoms with van der Waals surface area (Å²) in [5, 5.41) is 11.2. The first-order valence-electron chi connectivity index (χ1n) is 15.2. The second kappa shape index (κ2) is 16.5. The number of hydrogen-bond acceptors (Lipinski definition) is 11. The van der Waals surface area contributed by atoms with Gasteiger partial charge in [0.2, 0.25) is 0 Å². The second-order valence-corrected chi connectivity index (χ2v) is 10.8. The average molecular weight is 655 g/mol. The van der Waals surface area contributed by atoms with Gasteiger partial charge in [0.25, 0.3) is 0 Å². The number of ether oxygens (including phenoxy) is 6. The normalized spacial score (nSPS) is 20.9. The molecule has 4 aromatic rings. The Morgan fingerprint density at radius 1 is 0.625 bits per heavy atom. The molecule has 1 N–H and O–H groups in total. The van der Waals surface area contributed by atoms with E-state index < -0.39 is 67.3 Å². The summed E-state index contributed by atoms with van der Waals surface area (Å²) < 4.78 is 34.4. The SMILES string of the molecule is C[C@H](OC1C(OC(=O)c2ccccc2)C(O)OC(COC(=O)c2ccccc2)C1OC(=O)c1ccccc1)C(=O)OCc1ccccc1. The van der Waals surface area contributed by atoms with E-state index in [4.69, 9.17) is 28.4 Å². The minimum Gasteiger partial charge on any atom is -0.459 e. The highest BCUT2D eigenvalue weighted by atomic mass is 16.7. The van der Waals surface area contributed by atoms with Crippen molar-refractivity contribution in [2.75, 3.05) is 6.61 Å². The lowest BCUT2D eigenvalue weighted by atomic mass is 9.97. The van der Waals surface area contributed by atoms with Crippen molar-refractivity contribution < 1.29 is 52.7 Å². The molecule has 6 atom stereocenters. The highest BCUT2D eigenvalue weighted by Crippen LogP contribution is 2.30. The zero-order valence-electron chi connectivity index (χ0n) is 26.0. The molecule has 1 fully saturated rings. The van der Waals surface area contributed by atoms with Gasteiger partial charge < -0.3 is 33.5 Å². The van der Waals surface area contributed by atoms with Crippen LogP contribution in [0.25, 0.3) is 0 Å². The van der Waals surface area contributed by atoms with Crippen molar-refractivity contribution in [1.82, 2.24) is 0 Å². The van der Waals surface area contributed by atoms with Crippen molar-refractivity contribution in [1.29, 1.82) is 0 Å². The van der Waals surface area contributed by atoms with Crippen molar-refractivity contribution in [3.63, 3.8) is 0 Å². The average Bonchev–Trinajstić information content (AvgIpc) is 3.13. The highest BCUT2D eigenvalue weighted by Gasteiger charge is 2.52. The van der Waals surface area contributed by atoms with E-state index in [0.29, 0.717) is 0 Å². The van der Waals surface area contributed by atoms with Gasteiger partial charge in [0.15, 0.2) is 24.6 Å². The number of esters is 4. The van der Waals surface area contributed by atoms with Gasteiger partial charge in [-0.3, -0.25) is 0 Å². The van der Waals surface area contributed by atoms with Crippen LogP contribution in [0.15, 0.2) is 121 Å². The fraction of sp³-hybridized carbons (Fsp3) is 0.243. The van der Waals surface area contributed by atoms with Gasteiger partial charge in [0, 0.05) is 0 Å². The van der Waals surface area contributed by atoms with Crippen molar-refractivity contribution >= 4 is 23.9 Å². The zero-order chi connectivity index (χ0) is 33.9. The topological polar surface area (TPSA) is 144 Å². The van der Waals surface area contributed by atoms with E-state index in [1.807, 2.05) is 6.07 Å². The monoisotopic (exact) mass is 654 g/mol. The van der Waals surface area contributed by atoms with Gasteiger partial charge >= 0.3 is 23.9 Å². The molecule has 11 nitrogen and oxygen atoms in total. The number of carbonyl (C=O) groups excluding carboxylic acids is 4. The Kier molecular flexibility index (Phi) is 11.7. The summed E-state index contributed by atoms with van der Waals surface area (Å²) in [7, 11) is 0. The van der Waals surface area contributed by atoms with Gasteiger partial charge in [0.1, 0.15) is 25.4 Å². The Morgan fingerprint density at radius 3 is 1.60 bits per heavy atom. The van der Waals surface area contributed by atoms with Crippen LogP contribution >= 0.6 is 0 Å². The number of hydrogen-bond donors (Lipinski definition) is 1.